The molecule has 2 atom stereocenters. The Kier molecular flexibility index (Phi) is 37.1. The minimum absolute atomic E-state index is 0.0544. The molecule has 0 aliphatic rings. The molecule has 0 saturated heterocycles. The summed E-state index contributed by atoms with van der Waals surface area (Å²) in [5.74, 6) is -0.829. The molecule has 10 heteroatoms. The van der Waals surface area contributed by atoms with Crippen LogP contribution in [-0.2, 0) is 32.7 Å². The topological polar surface area (TPSA) is 134 Å². The van der Waals surface area contributed by atoms with E-state index in [4.69, 9.17) is 24.3 Å². The minimum Gasteiger partial charge on any atom is -0.462 e. The molecule has 0 bridgehead atoms. The van der Waals surface area contributed by atoms with Gasteiger partial charge in [-0.1, -0.05) is 160 Å². The number of phosphoric ester groups is 1. The number of hydrogen-bond acceptors (Lipinski definition) is 8. The Balaban J connectivity index is 4.11. The van der Waals surface area contributed by atoms with Gasteiger partial charge in [0.05, 0.1) is 13.2 Å². The summed E-state index contributed by atoms with van der Waals surface area (Å²) in [4.78, 5) is 34.8. The van der Waals surface area contributed by atoms with Gasteiger partial charge in [-0.3, -0.25) is 18.6 Å². The van der Waals surface area contributed by atoms with Gasteiger partial charge in [0.2, 0.25) is 0 Å². The van der Waals surface area contributed by atoms with Crippen molar-refractivity contribution in [3.63, 3.8) is 0 Å². The van der Waals surface area contributed by atoms with Crippen molar-refractivity contribution in [3.8, 4) is 0 Å². The molecule has 0 aromatic rings. The molecule has 0 fully saturated rings. The van der Waals surface area contributed by atoms with Crippen LogP contribution in [0.4, 0.5) is 0 Å². The number of rotatable bonds is 39. The first-order valence-electron chi connectivity index (χ1n) is 20.8. The molecule has 0 saturated carbocycles. The van der Waals surface area contributed by atoms with Gasteiger partial charge in [-0.2, -0.15) is 0 Å². The molecule has 3 N–H and O–H groups in total. The maximum atomic E-state index is 12.5. The summed E-state index contributed by atoms with van der Waals surface area (Å²) in [5, 5.41) is 0. The highest BCUT2D eigenvalue weighted by Crippen LogP contribution is 2.43. The van der Waals surface area contributed by atoms with E-state index in [9.17, 15) is 19.0 Å². The van der Waals surface area contributed by atoms with Gasteiger partial charge in [0.25, 0.3) is 0 Å². The fourth-order valence-electron chi connectivity index (χ4n) is 5.72. The molecule has 0 aliphatic heterocycles. The maximum absolute atomic E-state index is 12.5. The number of unbranched alkanes of at least 4 members (excludes halogenated alkanes) is 22. The van der Waals surface area contributed by atoms with Gasteiger partial charge in [0.15, 0.2) is 6.10 Å². The van der Waals surface area contributed by atoms with Crippen LogP contribution in [0.15, 0.2) is 24.3 Å². The summed E-state index contributed by atoms with van der Waals surface area (Å²) >= 11 is 0. The highest BCUT2D eigenvalue weighted by Gasteiger charge is 2.26. The van der Waals surface area contributed by atoms with Gasteiger partial charge >= 0.3 is 19.8 Å². The monoisotopic (exact) mass is 744 g/mol. The third-order valence-corrected chi connectivity index (χ3v) is 9.82. The highest BCUT2D eigenvalue weighted by atomic mass is 31.2. The van der Waals surface area contributed by atoms with Crippen molar-refractivity contribution in [2.75, 3.05) is 26.4 Å². The van der Waals surface area contributed by atoms with E-state index in [1.807, 2.05) is 0 Å². The molecule has 0 aromatic heterocycles. The van der Waals surface area contributed by atoms with Crippen molar-refractivity contribution in [2.24, 2.45) is 5.73 Å². The van der Waals surface area contributed by atoms with E-state index < -0.39 is 26.5 Å². The lowest BCUT2D eigenvalue weighted by atomic mass is 10.1. The van der Waals surface area contributed by atoms with E-state index in [2.05, 4.69) is 38.2 Å². The van der Waals surface area contributed by atoms with Gasteiger partial charge in [-0.05, 0) is 44.9 Å². The smallest absolute Gasteiger partial charge is 0.462 e. The summed E-state index contributed by atoms with van der Waals surface area (Å²) in [6, 6.07) is 0. The van der Waals surface area contributed by atoms with Gasteiger partial charge < -0.3 is 20.1 Å². The van der Waals surface area contributed by atoms with Crippen LogP contribution >= 0.6 is 7.82 Å². The Bertz CT molecular complexity index is 897. The second-order valence-corrected chi connectivity index (χ2v) is 15.3. The van der Waals surface area contributed by atoms with E-state index in [1.165, 1.54) is 122 Å². The maximum Gasteiger partial charge on any atom is 0.472 e. The molecule has 0 aliphatic carbocycles. The normalized spacial score (nSPS) is 13.6. The molecule has 300 valence electrons. The van der Waals surface area contributed by atoms with Crippen molar-refractivity contribution in [2.45, 2.75) is 200 Å². The first-order chi connectivity index (χ1) is 24.8. The van der Waals surface area contributed by atoms with Crippen LogP contribution in [0.25, 0.3) is 0 Å². The Morgan fingerprint density at radius 1 is 0.588 bits per heavy atom. The van der Waals surface area contributed by atoms with E-state index in [0.29, 0.717) is 6.42 Å². The van der Waals surface area contributed by atoms with E-state index in [-0.39, 0.29) is 38.6 Å². The van der Waals surface area contributed by atoms with Crippen LogP contribution in [0, 0.1) is 0 Å². The average molecular weight is 744 g/mol. The Morgan fingerprint density at radius 3 is 1.53 bits per heavy atom. The summed E-state index contributed by atoms with van der Waals surface area (Å²) in [6.07, 6.45) is 39.2. The lowest BCUT2D eigenvalue weighted by molar-refractivity contribution is -0.161. The number of carbonyl (C=O) groups is 2. The number of ether oxygens (including phenoxy) is 2. The van der Waals surface area contributed by atoms with Crippen LogP contribution in [0.5, 0.6) is 0 Å². The van der Waals surface area contributed by atoms with Crippen LogP contribution in [0.3, 0.4) is 0 Å². The first-order valence-corrected chi connectivity index (χ1v) is 22.3. The number of hydrogen-bond donors (Lipinski definition) is 2. The zero-order valence-corrected chi connectivity index (χ0v) is 33.7. The third-order valence-electron chi connectivity index (χ3n) is 8.84. The number of esters is 2. The van der Waals surface area contributed by atoms with Crippen LogP contribution in [0.2, 0.25) is 0 Å². The number of allylic oxidation sites excluding steroid dienone is 4. The summed E-state index contributed by atoms with van der Waals surface area (Å²) in [7, 11) is -4.37. The second kappa shape index (κ2) is 38.2. The largest absolute Gasteiger partial charge is 0.472 e. The van der Waals surface area contributed by atoms with E-state index >= 15 is 0 Å². The van der Waals surface area contributed by atoms with Crippen LogP contribution in [0.1, 0.15) is 194 Å². The van der Waals surface area contributed by atoms with Crippen molar-refractivity contribution >= 4 is 19.8 Å². The molecular formula is C41H78NO8P. The number of nitrogens with two attached hydrogens (primary N) is 1. The second-order valence-electron chi connectivity index (χ2n) is 13.9. The Labute approximate surface area is 312 Å². The van der Waals surface area contributed by atoms with Crippen LogP contribution < -0.4 is 5.73 Å². The highest BCUT2D eigenvalue weighted by molar-refractivity contribution is 7.47. The number of carbonyl (C=O) groups excluding carboxylic acids is 2. The fraction of sp³-hybridized carbons (Fsp3) is 0.854. The van der Waals surface area contributed by atoms with Gasteiger partial charge in [-0.25, -0.2) is 4.57 Å². The third kappa shape index (κ3) is 38.0. The zero-order chi connectivity index (χ0) is 37.5. The molecule has 0 radical (unpaired) electrons. The predicted octanol–water partition coefficient (Wildman–Crippen LogP) is 11.6. The van der Waals surface area contributed by atoms with Crippen LogP contribution in [-0.4, -0.2) is 49.3 Å². The molecule has 0 spiro atoms. The fourth-order valence-corrected chi connectivity index (χ4v) is 6.49. The van der Waals surface area contributed by atoms with Gasteiger partial charge in [0, 0.05) is 19.4 Å². The van der Waals surface area contributed by atoms with Gasteiger partial charge in [-0.15, -0.1) is 0 Å². The Hall–Kier alpha value is -1.51. The standard InChI is InChI=1S/C41H78NO8P/c1-3-5-7-9-11-13-15-16-17-18-19-20-21-22-24-25-27-29-31-33-40(43)47-37-39(38-49-51(45,46)48-36-35-42)50-41(44)34-32-30-28-26-23-14-12-10-8-6-4-2/h11,13,16-17,39H,3-10,12,14-15,18-38,42H2,1-2H3,(H,45,46)/b13-11+,17-16+/t39-/m0/s1. The minimum atomic E-state index is -4.37. The van der Waals surface area contributed by atoms with Crippen molar-refractivity contribution in [3.05, 3.63) is 24.3 Å². The van der Waals surface area contributed by atoms with Crippen molar-refractivity contribution in [1.82, 2.24) is 0 Å². The molecular weight excluding hydrogens is 665 g/mol. The molecule has 9 nitrogen and oxygen atoms in total. The SMILES string of the molecule is CCCCC/C=C/C/C=C/CCCCCCCCCCCC(=O)OC[C@@H](COP(=O)(O)OCCN)OC(=O)CCCCCCCCCCCCC. The summed E-state index contributed by atoms with van der Waals surface area (Å²) in [6.45, 7) is 3.70. The van der Waals surface area contributed by atoms with E-state index in [0.717, 1.165) is 38.5 Å². The van der Waals surface area contributed by atoms with Gasteiger partial charge in [0.1, 0.15) is 6.61 Å². The summed E-state index contributed by atoms with van der Waals surface area (Å²) < 4.78 is 32.7. The molecule has 0 heterocycles. The first kappa shape index (κ1) is 49.5. The molecule has 0 amide bonds. The van der Waals surface area contributed by atoms with E-state index in [1.54, 1.807) is 0 Å². The zero-order valence-electron chi connectivity index (χ0n) is 32.8. The predicted molar refractivity (Wildman–Crippen MR) is 211 cm³/mol. The van der Waals surface area contributed by atoms with Crippen molar-refractivity contribution < 1.29 is 37.6 Å². The lowest BCUT2D eigenvalue weighted by Gasteiger charge is -2.19. The Morgan fingerprint density at radius 2 is 1.02 bits per heavy atom. The quantitative estimate of drug-likeness (QED) is 0.0273. The van der Waals surface area contributed by atoms with Crippen molar-refractivity contribution in [1.29, 1.82) is 0 Å². The average Bonchev–Trinajstić information content (AvgIpc) is 3.11. The molecule has 0 rings (SSSR count). The molecule has 0 aromatic carbocycles. The molecule has 51 heavy (non-hydrogen) atoms. The summed E-state index contributed by atoms with van der Waals surface area (Å²) in [5.41, 5.74) is 5.34. The number of phosphoric acid groups is 1. The lowest BCUT2D eigenvalue weighted by Crippen LogP contribution is -2.29. The molecule has 1 unspecified atom stereocenters.